The maximum atomic E-state index is 11.6. The van der Waals surface area contributed by atoms with Crippen molar-refractivity contribution >= 4 is 11.8 Å². The first-order chi connectivity index (χ1) is 11.3. The molecular formula is C18H23N3O2+2. The fourth-order valence-corrected chi connectivity index (χ4v) is 3.04. The van der Waals surface area contributed by atoms with Gasteiger partial charge in [0.25, 0.3) is 5.82 Å². The van der Waals surface area contributed by atoms with E-state index in [2.05, 4.69) is 28.1 Å². The Kier molecular flexibility index (Phi) is 4.88. The zero-order valence-corrected chi connectivity index (χ0v) is 13.4. The lowest BCUT2D eigenvalue weighted by molar-refractivity contribution is -0.914. The van der Waals surface area contributed by atoms with E-state index in [1.807, 2.05) is 24.4 Å². The van der Waals surface area contributed by atoms with E-state index in [1.165, 1.54) is 18.5 Å². The largest absolute Gasteiger partial charge is 0.465 e. The van der Waals surface area contributed by atoms with Gasteiger partial charge in [-0.1, -0.05) is 18.2 Å². The number of hydrogen-bond acceptors (Lipinski definition) is 3. The minimum absolute atomic E-state index is 0.272. The molecule has 0 amide bonds. The third-order valence-electron chi connectivity index (χ3n) is 4.31. The molecule has 0 aliphatic carbocycles. The number of nitrogens with zero attached hydrogens (tertiary/aromatic N) is 1. The Bertz CT molecular complexity index is 652. The first-order valence-corrected chi connectivity index (χ1v) is 7.99. The molecule has 1 aromatic heterocycles. The van der Waals surface area contributed by atoms with Gasteiger partial charge in [-0.3, -0.25) is 4.90 Å². The Hall–Kier alpha value is -2.40. The molecule has 0 bridgehead atoms. The average molecular weight is 313 g/mol. The highest BCUT2D eigenvalue weighted by Gasteiger charge is 2.25. The van der Waals surface area contributed by atoms with Gasteiger partial charge in [-0.2, -0.15) is 0 Å². The summed E-state index contributed by atoms with van der Waals surface area (Å²) in [7, 11) is 1.42. The number of nitrogens with one attached hydrogen (secondary N) is 2. The highest BCUT2D eigenvalue weighted by atomic mass is 16.5. The fraction of sp³-hybridized carbons (Fsp3) is 0.333. The molecule has 2 N–H and O–H groups in total. The molecule has 1 saturated heterocycles. The number of esters is 1. The monoisotopic (exact) mass is 313 g/mol. The predicted molar refractivity (Wildman–Crippen MR) is 87.4 cm³/mol. The van der Waals surface area contributed by atoms with Crippen LogP contribution in [0.4, 0.5) is 5.82 Å². The van der Waals surface area contributed by atoms with Gasteiger partial charge in [0.1, 0.15) is 32.7 Å². The highest BCUT2D eigenvalue weighted by Crippen LogP contribution is 2.07. The van der Waals surface area contributed by atoms with Crippen LogP contribution in [0, 0.1) is 0 Å². The SMILES string of the molecule is COC(=O)c1cccc(C[NH+]2CCN(c3cccc[nH+]3)CC2)c1. The second-order valence-electron chi connectivity index (χ2n) is 5.85. The van der Waals surface area contributed by atoms with Crippen molar-refractivity contribution in [2.75, 3.05) is 38.2 Å². The van der Waals surface area contributed by atoms with E-state index in [1.54, 1.807) is 11.0 Å². The number of H-pyrrole nitrogens is 1. The Balaban J connectivity index is 1.58. The van der Waals surface area contributed by atoms with E-state index < -0.39 is 0 Å². The Labute approximate surface area is 136 Å². The molecule has 0 spiro atoms. The number of carbonyl (C=O) groups excluding carboxylic acids is 1. The topological polar surface area (TPSA) is 48.1 Å². The van der Waals surface area contributed by atoms with Gasteiger partial charge in [0.15, 0.2) is 0 Å². The van der Waals surface area contributed by atoms with Crippen LogP contribution in [0.1, 0.15) is 15.9 Å². The maximum absolute atomic E-state index is 11.6. The number of aromatic amines is 1. The predicted octanol–water partition coefficient (Wildman–Crippen LogP) is 0.192. The number of carbonyl (C=O) groups is 1. The Morgan fingerprint density at radius 3 is 2.74 bits per heavy atom. The zero-order chi connectivity index (χ0) is 16.1. The van der Waals surface area contributed by atoms with E-state index in [0.717, 1.165) is 32.7 Å². The molecule has 23 heavy (non-hydrogen) atoms. The van der Waals surface area contributed by atoms with Crippen molar-refractivity contribution in [3.8, 4) is 0 Å². The van der Waals surface area contributed by atoms with Gasteiger partial charge in [0.2, 0.25) is 0 Å². The number of pyridine rings is 1. The Morgan fingerprint density at radius 2 is 2.04 bits per heavy atom. The summed E-state index contributed by atoms with van der Waals surface area (Å²) in [6.07, 6.45) is 1.97. The van der Waals surface area contributed by atoms with Crippen molar-refractivity contribution in [3.05, 3.63) is 59.8 Å². The van der Waals surface area contributed by atoms with Gasteiger partial charge in [0.05, 0.1) is 18.9 Å². The molecule has 1 aromatic carbocycles. The summed E-state index contributed by atoms with van der Waals surface area (Å²) in [6, 6.07) is 13.9. The minimum atomic E-state index is -0.272. The van der Waals surface area contributed by atoms with Crippen LogP contribution in [-0.2, 0) is 11.3 Å². The quantitative estimate of drug-likeness (QED) is 0.820. The van der Waals surface area contributed by atoms with Crippen LogP contribution in [0.2, 0.25) is 0 Å². The first-order valence-electron chi connectivity index (χ1n) is 7.99. The molecule has 2 aromatic rings. The molecule has 0 saturated carbocycles. The van der Waals surface area contributed by atoms with Gasteiger partial charge in [-0.25, -0.2) is 9.78 Å². The van der Waals surface area contributed by atoms with E-state index in [0.29, 0.717) is 5.56 Å². The van der Waals surface area contributed by atoms with Crippen LogP contribution < -0.4 is 14.8 Å². The molecule has 1 fully saturated rings. The lowest BCUT2D eigenvalue weighted by Crippen LogP contribution is -3.13. The first kappa shape index (κ1) is 15.5. The number of hydrogen-bond donors (Lipinski definition) is 1. The smallest absolute Gasteiger partial charge is 0.337 e. The van der Waals surface area contributed by atoms with Gasteiger partial charge >= 0.3 is 5.97 Å². The van der Waals surface area contributed by atoms with Crippen molar-refractivity contribution in [2.24, 2.45) is 0 Å². The van der Waals surface area contributed by atoms with Gasteiger partial charge in [-0.15, -0.1) is 0 Å². The second kappa shape index (κ2) is 7.24. The molecule has 120 valence electrons. The molecular weight excluding hydrogens is 290 g/mol. The number of methoxy groups -OCH3 is 1. The highest BCUT2D eigenvalue weighted by molar-refractivity contribution is 5.89. The normalized spacial score (nSPS) is 15.4. The van der Waals surface area contributed by atoms with E-state index in [-0.39, 0.29) is 5.97 Å². The molecule has 1 aliphatic rings. The number of rotatable bonds is 4. The molecule has 0 atom stereocenters. The summed E-state index contributed by atoms with van der Waals surface area (Å²) in [5, 5.41) is 0. The lowest BCUT2D eigenvalue weighted by atomic mass is 10.1. The third kappa shape index (κ3) is 3.87. The van der Waals surface area contributed by atoms with Crippen LogP contribution in [0.25, 0.3) is 0 Å². The number of ether oxygens (including phenoxy) is 1. The molecule has 3 rings (SSSR count). The van der Waals surface area contributed by atoms with E-state index in [9.17, 15) is 4.79 Å². The van der Waals surface area contributed by atoms with E-state index in [4.69, 9.17) is 4.74 Å². The van der Waals surface area contributed by atoms with Crippen molar-refractivity contribution in [2.45, 2.75) is 6.54 Å². The standard InChI is InChI=1S/C18H21N3O2/c1-23-18(22)16-6-4-5-15(13-16)14-20-9-11-21(12-10-20)17-7-2-3-8-19-17/h2-8,13H,9-12,14H2,1H3/p+2. The number of aromatic nitrogens is 1. The second-order valence-corrected chi connectivity index (χ2v) is 5.85. The summed E-state index contributed by atoms with van der Waals surface area (Å²) >= 11 is 0. The minimum Gasteiger partial charge on any atom is -0.465 e. The summed E-state index contributed by atoms with van der Waals surface area (Å²) in [6.45, 7) is 5.19. The molecule has 2 heterocycles. The van der Waals surface area contributed by atoms with Crippen molar-refractivity contribution in [1.29, 1.82) is 0 Å². The maximum Gasteiger partial charge on any atom is 0.337 e. The number of benzene rings is 1. The lowest BCUT2D eigenvalue weighted by Gasteiger charge is -2.28. The number of quaternary nitrogens is 1. The zero-order valence-electron chi connectivity index (χ0n) is 13.4. The number of anilines is 1. The van der Waals surface area contributed by atoms with Crippen LogP contribution in [0.5, 0.6) is 0 Å². The van der Waals surface area contributed by atoms with Crippen LogP contribution in [0.3, 0.4) is 0 Å². The summed E-state index contributed by atoms with van der Waals surface area (Å²) in [4.78, 5) is 18.8. The molecule has 5 nitrogen and oxygen atoms in total. The van der Waals surface area contributed by atoms with Crippen molar-refractivity contribution in [1.82, 2.24) is 0 Å². The van der Waals surface area contributed by atoms with Crippen LogP contribution in [0.15, 0.2) is 48.7 Å². The summed E-state index contributed by atoms with van der Waals surface area (Å²) < 4.78 is 4.79. The average Bonchev–Trinajstić information content (AvgIpc) is 2.62. The number of piperazine rings is 1. The van der Waals surface area contributed by atoms with Gasteiger partial charge < -0.3 is 9.64 Å². The van der Waals surface area contributed by atoms with Crippen LogP contribution >= 0.6 is 0 Å². The summed E-state index contributed by atoms with van der Waals surface area (Å²) in [5.41, 5.74) is 1.81. The molecule has 5 heteroatoms. The summed E-state index contributed by atoms with van der Waals surface area (Å²) in [5.74, 6) is 0.908. The van der Waals surface area contributed by atoms with E-state index >= 15 is 0 Å². The van der Waals surface area contributed by atoms with Gasteiger partial charge in [0, 0.05) is 11.6 Å². The third-order valence-corrected chi connectivity index (χ3v) is 4.31. The fourth-order valence-electron chi connectivity index (χ4n) is 3.04. The molecule has 0 unspecified atom stereocenters. The van der Waals surface area contributed by atoms with Crippen LogP contribution in [-0.4, -0.2) is 39.3 Å². The Morgan fingerprint density at radius 1 is 1.22 bits per heavy atom. The van der Waals surface area contributed by atoms with Crippen molar-refractivity contribution in [3.63, 3.8) is 0 Å². The molecule has 0 radical (unpaired) electrons. The van der Waals surface area contributed by atoms with Gasteiger partial charge in [-0.05, 0) is 18.2 Å². The van der Waals surface area contributed by atoms with Crippen molar-refractivity contribution < 1.29 is 19.4 Å². The molecule has 1 aliphatic heterocycles.